The van der Waals surface area contributed by atoms with Gasteiger partial charge in [0.2, 0.25) is 5.91 Å². The smallest absolute Gasteiger partial charge is 0.257 e. The van der Waals surface area contributed by atoms with Gasteiger partial charge in [0.15, 0.2) is 11.0 Å². The highest BCUT2D eigenvalue weighted by molar-refractivity contribution is 7.99. The summed E-state index contributed by atoms with van der Waals surface area (Å²) in [6.07, 6.45) is 1.60. The quantitative estimate of drug-likeness (QED) is 0.408. The first-order valence-corrected chi connectivity index (χ1v) is 10.8. The van der Waals surface area contributed by atoms with Crippen molar-refractivity contribution in [2.45, 2.75) is 12.1 Å². The molecule has 2 heterocycles. The van der Waals surface area contributed by atoms with Crippen molar-refractivity contribution in [1.29, 1.82) is 0 Å². The number of amides is 2. The molecular formula is C23H21N5O3S. The summed E-state index contributed by atoms with van der Waals surface area (Å²) >= 11 is 1.26. The van der Waals surface area contributed by atoms with E-state index in [0.717, 1.165) is 11.3 Å². The van der Waals surface area contributed by atoms with E-state index in [2.05, 4.69) is 20.8 Å². The maximum atomic E-state index is 12.7. The standard InChI is InChI=1S/C23H21N5O3S/c1-15-17(12-13-31-15)21-26-27-23(28(21)2)32-14-20(29)25-19-11-7-6-10-18(19)22(30)24-16-8-4-3-5-9-16/h3-13H,14H2,1-2H3,(H,24,30)(H,25,29). The van der Waals surface area contributed by atoms with E-state index in [-0.39, 0.29) is 17.6 Å². The van der Waals surface area contributed by atoms with E-state index in [1.54, 1.807) is 42.7 Å². The van der Waals surface area contributed by atoms with Crippen LogP contribution < -0.4 is 10.6 Å². The molecule has 0 bridgehead atoms. The molecule has 162 valence electrons. The van der Waals surface area contributed by atoms with Gasteiger partial charge in [-0.05, 0) is 37.3 Å². The van der Waals surface area contributed by atoms with Crippen molar-refractivity contribution in [3.05, 3.63) is 78.3 Å². The summed E-state index contributed by atoms with van der Waals surface area (Å²) in [5, 5.41) is 14.6. The van der Waals surface area contributed by atoms with Crippen molar-refractivity contribution in [2.75, 3.05) is 16.4 Å². The van der Waals surface area contributed by atoms with Crippen LogP contribution in [-0.4, -0.2) is 32.3 Å². The van der Waals surface area contributed by atoms with E-state index in [9.17, 15) is 9.59 Å². The number of carbonyl (C=O) groups is 2. The Hall–Kier alpha value is -3.85. The molecule has 2 aromatic carbocycles. The van der Waals surface area contributed by atoms with E-state index in [0.29, 0.717) is 27.9 Å². The van der Waals surface area contributed by atoms with Gasteiger partial charge in [-0.3, -0.25) is 9.59 Å². The zero-order chi connectivity index (χ0) is 22.5. The minimum Gasteiger partial charge on any atom is -0.469 e. The number of benzene rings is 2. The number of aromatic nitrogens is 3. The van der Waals surface area contributed by atoms with Crippen LogP contribution in [0.3, 0.4) is 0 Å². The fourth-order valence-electron chi connectivity index (χ4n) is 3.12. The van der Waals surface area contributed by atoms with Crippen LogP contribution in [0.1, 0.15) is 16.1 Å². The molecule has 2 N–H and O–H groups in total. The summed E-state index contributed by atoms with van der Waals surface area (Å²) < 4.78 is 7.15. The predicted molar refractivity (Wildman–Crippen MR) is 124 cm³/mol. The van der Waals surface area contributed by atoms with Crippen LogP contribution in [-0.2, 0) is 11.8 Å². The number of rotatable bonds is 7. The molecule has 0 atom stereocenters. The van der Waals surface area contributed by atoms with Gasteiger partial charge in [-0.15, -0.1) is 10.2 Å². The van der Waals surface area contributed by atoms with Gasteiger partial charge in [0, 0.05) is 12.7 Å². The number of furan rings is 1. The summed E-state index contributed by atoms with van der Waals surface area (Å²) in [7, 11) is 1.84. The lowest BCUT2D eigenvalue weighted by atomic mass is 10.1. The maximum Gasteiger partial charge on any atom is 0.257 e. The van der Waals surface area contributed by atoms with Gasteiger partial charge >= 0.3 is 0 Å². The molecule has 32 heavy (non-hydrogen) atoms. The van der Waals surface area contributed by atoms with Crippen molar-refractivity contribution in [2.24, 2.45) is 7.05 Å². The fourth-order valence-corrected chi connectivity index (χ4v) is 3.83. The molecule has 0 saturated heterocycles. The fraction of sp³-hybridized carbons (Fsp3) is 0.130. The van der Waals surface area contributed by atoms with Gasteiger partial charge in [-0.25, -0.2) is 0 Å². The Bertz CT molecular complexity index is 1250. The molecule has 0 spiro atoms. The van der Waals surface area contributed by atoms with Crippen LogP contribution in [0.15, 0.2) is 76.5 Å². The number of nitrogens with zero attached hydrogens (tertiary/aromatic N) is 3. The Balaban J connectivity index is 1.41. The Kier molecular flexibility index (Phi) is 6.37. The van der Waals surface area contributed by atoms with E-state index >= 15 is 0 Å². The number of thioether (sulfide) groups is 1. The number of aryl methyl sites for hydroxylation is 1. The Morgan fingerprint density at radius 3 is 2.50 bits per heavy atom. The van der Waals surface area contributed by atoms with Crippen LogP contribution in [0, 0.1) is 6.92 Å². The van der Waals surface area contributed by atoms with Crippen molar-refractivity contribution >= 4 is 35.0 Å². The second-order valence-corrected chi connectivity index (χ2v) is 7.90. The molecule has 0 radical (unpaired) electrons. The van der Waals surface area contributed by atoms with E-state index < -0.39 is 0 Å². The molecule has 0 fully saturated rings. The molecule has 2 amide bonds. The van der Waals surface area contributed by atoms with Gasteiger partial charge in [0.25, 0.3) is 5.91 Å². The van der Waals surface area contributed by atoms with Crippen molar-refractivity contribution in [3.63, 3.8) is 0 Å². The first kappa shape index (κ1) is 21.4. The number of anilines is 2. The predicted octanol–water partition coefficient (Wildman–Crippen LogP) is 4.37. The number of hydrogen-bond acceptors (Lipinski definition) is 6. The molecule has 0 aliphatic heterocycles. The van der Waals surface area contributed by atoms with Crippen LogP contribution in [0.25, 0.3) is 11.4 Å². The Labute approximate surface area is 189 Å². The molecular weight excluding hydrogens is 426 g/mol. The molecule has 4 rings (SSSR count). The summed E-state index contributed by atoms with van der Waals surface area (Å²) in [6.45, 7) is 1.86. The first-order chi connectivity index (χ1) is 15.5. The molecule has 0 aliphatic rings. The molecule has 2 aromatic heterocycles. The molecule has 0 aliphatic carbocycles. The third-order valence-corrected chi connectivity index (χ3v) is 5.76. The van der Waals surface area contributed by atoms with Crippen LogP contribution in [0.2, 0.25) is 0 Å². The number of nitrogens with one attached hydrogen (secondary N) is 2. The lowest BCUT2D eigenvalue weighted by Gasteiger charge is -2.11. The Morgan fingerprint density at radius 1 is 1.00 bits per heavy atom. The van der Waals surface area contributed by atoms with Gasteiger partial charge in [-0.2, -0.15) is 0 Å². The topological polar surface area (TPSA) is 102 Å². The average molecular weight is 448 g/mol. The molecule has 4 aromatic rings. The minimum absolute atomic E-state index is 0.116. The third kappa shape index (κ3) is 4.73. The van der Waals surface area contributed by atoms with Crippen LogP contribution >= 0.6 is 11.8 Å². The molecule has 8 nitrogen and oxygen atoms in total. The molecule has 0 unspecified atom stereocenters. The van der Waals surface area contributed by atoms with Gasteiger partial charge in [0.05, 0.1) is 28.8 Å². The van der Waals surface area contributed by atoms with Crippen molar-refractivity contribution < 1.29 is 14.0 Å². The van der Waals surface area contributed by atoms with Crippen LogP contribution in [0.5, 0.6) is 0 Å². The summed E-state index contributed by atoms with van der Waals surface area (Å²) in [6, 6.07) is 17.9. The summed E-state index contributed by atoms with van der Waals surface area (Å²) in [5.41, 5.74) is 2.36. The summed E-state index contributed by atoms with van der Waals surface area (Å²) in [5.74, 6) is 0.986. The van der Waals surface area contributed by atoms with E-state index in [1.165, 1.54) is 11.8 Å². The minimum atomic E-state index is -0.298. The largest absolute Gasteiger partial charge is 0.469 e. The van der Waals surface area contributed by atoms with Crippen molar-refractivity contribution in [1.82, 2.24) is 14.8 Å². The Morgan fingerprint density at radius 2 is 1.75 bits per heavy atom. The highest BCUT2D eigenvalue weighted by atomic mass is 32.2. The zero-order valence-corrected chi connectivity index (χ0v) is 18.3. The SMILES string of the molecule is Cc1occc1-c1nnc(SCC(=O)Nc2ccccc2C(=O)Nc2ccccc2)n1C. The monoisotopic (exact) mass is 447 g/mol. The second kappa shape index (κ2) is 9.52. The lowest BCUT2D eigenvalue weighted by Crippen LogP contribution is -2.19. The highest BCUT2D eigenvalue weighted by Crippen LogP contribution is 2.26. The van der Waals surface area contributed by atoms with Gasteiger partial charge in [-0.1, -0.05) is 42.1 Å². The van der Waals surface area contributed by atoms with E-state index in [4.69, 9.17) is 4.42 Å². The highest BCUT2D eigenvalue weighted by Gasteiger charge is 2.17. The van der Waals surface area contributed by atoms with E-state index in [1.807, 2.05) is 42.8 Å². The number of carbonyl (C=O) groups excluding carboxylic acids is 2. The van der Waals surface area contributed by atoms with Gasteiger partial charge in [0.1, 0.15) is 5.76 Å². The van der Waals surface area contributed by atoms with Crippen LogP contribution in [0.4, 0.5) is 11.4 Å². The second-order valence-electron chi connectivity index (χ2n) is 6.96. The molecule has 9 heteroatoms. The summed E-state index contributed by atoms with van der Waals surface area (Å²) in [4.78, 5) is 25.3. The molecule has 0 saturated carbocycles. The normalized spacial score (nSPS) is 10.7. The third-order valence-electron chi connectivity index (χ3n) is 4.74. The average Bonchev–Trinajstić information content (AvgIpc) is 3.38. The number of hydrogen-bond donors (Lipinski definition) is 2. The van der Waals surface area contributed by atoms with Crippen molar-refractivity contribution in [3.8, 4) is 11.4 Å². The van der Waals surface area contributed by atoms with Gasteiger partial charge < -0.3 is 19.6 Å². The maximum absolute atomic E-state index is 12.7. The lowest BCUT2D eigenvalue weighted by molar-refractivity contribution is -0.113. The zero-order valence-electron chi connectivity index (χ0n) is 17.5. The first-order valence-electron chi connectivity index (χ1n) is 9.85. The number of para-hydroxylation sites is 2.